The molecule has 1 spiro atoms. The lowest BCUT2D eigenvalue weighted by molar-refractivity contribution is -0.137. The van der Waals surface area contributed by atoms with Crippen LogP contribution in [0.4, 0.5) is 0 Å². The van der Waals surface area contributed by atoms with Crippen molar-refractivity contribution in [3.05, 3.63) is 0 Å². The van der Waals surface area contributed by atoms with Gasteiger partial charge in [-0.3, -0.25) is 9.69 Å². The highest BCUT2D eigenvalue weighted by Crippen LogP contribution is 2.43. The molecule has 1 atom stereocenters. The van der Waals surface area contributed by atoms with E-state index in [4.69, 9.17) is 0 Å². The highest BCUT2D eigenvalue weighted by atomic mass is 16.1. The molecule has 15 heavy (non-hydrogen) atoms. The predicted octanol–water partition coefficient (Wildman–Crippen LogP) is 0.745. The highest BCUT2D eigenvalue weighted by Gasteiger charge is 2.56. The molecule has 3 nitrogen and oxygen atoms in total. The quantitative estimate of drug-likeness (QED) is 0.635. The van der Waals surface area contributed by atoms with Gasteiger partial charge in [0.15, 0.2) is 5.78 Å². The van der Waals surface area contributed by atoms with Gasteiger partial charge in [0.05, 0.1) is 5.54 Å². The Balaban J connectivity index is 1.96. The first-order valence-electron chi connectivity index (χ1n) is 6.28. The number of ketones is 1. The summed E-state index contributed by atoms with van der Waals surface area (Å²) in [5.41, 5.74) is -0.0642. The third-order valence-corrected chi connectivity index (χ3v) is 4.77. The lowest BCUT2D eigenvalue weighted by atomic mass is 9.70. The van der Waals surface area contributed by atoms with Crippen LogP contribution in [0.15, 0.2) is 0 Å². The second kappa shape index (κ2) is 3.29. The lowest BCUT2D eigenvalue weighted by Gasteiger charge is -2.54. The maximum Gasteiger partial charge on any atom is 0.155 e. The standard InChI is InChI=1S/C12H20N2O/c1-2-14-8-5-11(15)12(14)9-13-6-3-10(12)4-7-13/h10H,2-9H2,1H3. The van der Waals surface area contributed by atoms with E-state index in [2.05, 4.69) is 16.7 Å². The summed E-state index contributed by atoms with van der Waals surface area (Å²) in [6.07, 6.45) is 3.27. The van der Waals surface area contributed by atoms with Crippen molar-refractivity contribution in [2.75, 3.05) is 32.7 Å². The van der Waals surface area contributed by atoms with Gasteiger partial charge >= 0.3 is 0 Å². The topological polar surface area (TPSA) is 23.6 Å². The van der Waals surface area contributed by atoms with Crippen LogP contribution in [0.3, 0.4) is 0 Å². The van der Waals surface area contributed by atoms with Crippen LogP contribution < -0.4 is 0 Å². The zero-order chi connectivity index (χ0) is 10.5. The summed E-state index contributed by atoms with van der Waals surface area (Å²) in [7, 11) is 0. The van der Waals surface area contributed by atoms with Crippen LogP contribution in [-0.4, -0.2) is 53.8 Å². The summed E-state index contributed by atoms with van der Waals surface area (Å²) in [4.78, 5) is 17.2. The molecule has 0 amide bonds. The first-order chi connectivity index (χ1) is 7.27. The van der Waals surface area contributed by atoms with Gasteiger partial charge in [-0.05, 0) is 38.4 Å². The van der Waals surface area contributed by atoms with E-state index < -0.39 is 0 Å². The number of carbonyl (C=O) groups is 1. The van der Waals surface area contributed by atoms with Gasteiger partial charge in [-0.2, -0.15) is 0 Å². The van der Waals surface area contributed by atoms with Crippen molar-refractivity contribution in [1.29, 1.82) is 0 Å². The normalized spacial score (nSPS) is 45.5. The smallest absolute Gasteiger partial charge is 0.155 e. The number of nitrogens with zero attached hydrogens (tertiary/aromatic N) is 2. The third kappa shape index (κ3) is 1.16. The number of carbonyl (C=O) groups excluding carboxylic acids is 1. The second-order valence-electron chi connectivity index (χ2n) is 5.23. The number of hydrogen-bond donors (Lipinski definition) is 0. The molecule has 0 aromatic carbocycles. The van der Waals surface area contributed by atoms with Crippen molar-refractivity contribution in [2.24, 2.45) is 5.92 Å². The molecule has 0 radical (unpaired) electrons. The Bertz CT molecular complexity index is 283. The molecule has 4 heterocycles. The average Bonchev–Trinajstić information content (AvgIpc) is 2.58. The van der Waals surface area contributed by atoms with Crippen LogP contribution in [-0.2, 0) is 4.79 Å². The van der Waals surface area contributed by atoms with E-state index in [1.54, 1.807) is 0 Å². The third-order valence-electron chi connectivity index (χ3n) is 4.77. The Kier molecular flexibility index (Phi) is 2.15. The van der Waals surface area contributed by atoms with Gasteiger partial charge in [0.1, 0.15) is 0 Å². The van der Waals surface area contributed by atoms with Gasteiger partial charge in [0, 0.05) is 19.5 Å². The number of likely N-dealkylation sites (N-methyl/N-ethyl adjacent to an activating group) is 1. The van der Waals surface area contributed by atoms with Gasteiger partial charge in [-0.1, -0.05) is 6.92 Å². The summed E-state index contributed by atoms with van der Waals surface area (Å²) in [5, 5.41) is 0. The molecule has 3 heteroatoms. The Morgan fingerprint density at radius 2 is 2.07 bits per heavy atom. The van der Waals surface area contributed by atoms with Crippen molar-refractivity contribution in [3.8, 4) is 0 Å². The molecule has 2 bridgehead atoms. The zero-order valence-electron chi connectivity index (χ0n) is 9.54. The Morgan fingerprint density at radius 1 is 1.33 bits per heavy atom. The number of piperidine rings is 3. The van der Waals surface area contributed by atoms with Gasteiger partial charge in [-0.25, -0.2) is 0 Å². The van der Waals surface area contributed by atoms with Crippen LogP contribution in [0.5, 0.6) is 0 Å². The van der Waals surface area contributed by atoms with E-state index in [0.29, 0.717) is 11.7 Å². The zero-order valence-corrected chi connectivity index (χ0v) is 9.54. The van der Waals surface area contributed by atoms with Gasteiger partial charge in [-0.15, -0.1) is 0 Å². The average molecular weight is 208 g/mol. The molecule has 0 aromatic rings. The SMILES string of the molecule is CCN1CCC(=O)C12CN1CCC2CC1. The van der Waals surface area contributed by atoms with Crippen molar-refractivity contribution >= 4 is 5.78 Å². The maximum absolute atomic E-state index is 12.2. The van der Waals surface area contributed by atoms with Gasteiger partial charge < -0.3 is 4.90 Å². The molecule has 84 valence electrons. The van der Waals surface area contributed by atoms with E-state index in [9.17, 15) is 4.79 Å². The monoisotopic (exact) mass is 208 g/mol. The molecular formula is C12H20N2O. The van der Waals surface area contributed by atoms with E-state index >= 15 is 0 Å². The van der Waals surface area contributed by atoms with Crippen LogP contribution in [0, 0.1) is 5.92 Å². The molecule has 0 aliphatic carbocycles. The lowest BCUT2D eigenvalue weighted by Crippen LogP contribution is -2.67. The predicted molar refractivity (Wildman–Crippen MR) is 58.8 cm³/mol. The highest BCUT2D eigenvalue weighted by molar-refractivity contribution is 5.91. The van der Waals surface area contributed by atoms with Crippen molar-refractivity contribution in [2.45, 2.75) is 31.7 Å². The maximum atomic E-state index is 12.2. The first kappa shape index (κ1) is 9.79. The number of Topliss-reactive ketones (excluding diaryl/α,β-unsaturated/α-hetero) is 1. The largest absolute Gasteiger partial charge is 0.301 e. The van der Waals surface area contributed by atoms with Gasteiger partial charge in [0.2, 0.25) is 0 Å². The molecule has 0 N–H and O–H groups in total. The number of likely N-dealkylation sites (tertiary alicyclic amines) is 1. The molecule has 0 saturated carbocycles. The van der Waals surface area contributed by atoms with E-state index in [1.807, 2.05) is 0 Å². The fraction of sp³-hybridized carbons (Fsp3) is 0.917. The Hall–Kier alpha value is -0.410. The first-order valence-corrected chi connectivity index (χ1v) is 6.28. The molecule has 4 aliphatic rings. The fourth-order valence-corrected chi connectivity index (χ4v) is 3.98. The summed E-state index contributed by atoms with van der Waals surface area (Å²) in [5.74, 6) is 1.18. The Labute approximate surface area is 91.4 Å². The number of rotatable bonds is 1. The van der Waals surface area contributed by atoms with E-state index in [-0.39, 0.29) is 5.54 Å². The fourth-order valence-electron chi connectivity index (χ4n) is 3.98. The number of hydrogen-bond acceptors (Lipinski definition) is 3. The van der Waals surface area contributed by atoms with Gasteiger partial charge in [0.25, 0.3) is 0 Å². The van der Waals surface area contributed by atoms with Crippen LogP contribution in [0.1, 0.15) is 26.2 Å². The minimum Gasteiger partial charge on any atom is -0.301 e. The van der Waals surface area contributed by atoms with Crippen molar-refractivity contribution in [3.63, 3.8) is 0 Å². The van der Waals surface area contributed by atoms with Crippen molar-refractivity contribution in [1.82, 2.24) is 9.80 Å². The van der Waals surface area contributed by atoms with Crippen LogP contribution >= 0.6 is 0 Å². The minimum atomic E-state index is -0.0642. The molecular weight excluding hydrogens is 188 g/mol. The molecule has 1 unspecified atom stereocenters. The summed E-state index contributed by atoms with van der Waals surface area (Å²) < 4.78 is 0. The van der Waals surface area contributed by atoms with Crippen LogP contribution in [0.25, 0.3) is 0 Å². The molecule has 4 saturated heterocycles. The Morgan fingerprint density at radius 3 is 2.60 bits per heavy atom. The second-order valence-corrected chi connectivity index (χ2v) is 5.23. The minimum absolute atomic E-state index is 0.0642. The number of fused-ring (bicyclic) bond motifs is 2. The molecule has 0 aromatic heterocycles. The summed E-state index contributed by atoms with van der Waals surface area (Å²) >= 11 is 0. The van der Waals surface area contributed by atoms with Crippen molar-refractivity contribution < 1.29 is 4.79 Å². The van der Waals surface area contributed by atoms with E-state index in [1.165, 1.54) is 25.9 Å². The molecule has 4 aliphatic heterocycles. The molecule has 4 rings (SSSR count). The molecule has 4 fully saturated rings. The van der Waals surface area contributed by atoms with E-state index in [0.717, 1.165) is 26.1 Å². The van der Waals surface area contributed by atoms with Crippen LogP contribution in [0.2, 0.25) is 0 Å². The summed E-state index contributed by atoms with van der Waals surface area (Å²) in [6.45, 7) is 7.69. The summed E-state index contributed by atoms with van der Waals surface area (Å²) in [6, 6.07) is 0.